The van der Waals surface area contributed by atoms with E-state index in [0.29, 0.717) is 22.0 Å². The zero-order valence-corrected chi connectivity index (χ0v) is 11.1. The fourth-order valence-corrected chi connectivity index (χ4v) is 2.47. The predicted molar refractivity (Wildman–Crippen MR) is 77.4 cm³/mol. The van der Waals surface area contributed by atoms with Gasteiger partial charge in [-0.05, 0) is 18.2 Å². The van der Waals surface area contributed by atoms with Gasteiger partial charge in [0, 0.05) is 11.3 Å². The molecule has 0 fully saturated rings. The summed E-state index contributed by atoms with van der Waals surface area (Å²) in [6, 6.07) is 16.2. The highest BCUT2D eigenvalue weighted by Gasteiger charge is 2.47. The van der Waals surface area contributed by atoms with Crippen LogP contribution in [0, 0.1) is 11.3 Å². The van der Waals surface area contributed by atoms with Gasteiger partial charge in [-0.25, -0.2) is 0 Å². The number of carbonyl (C=O) groups is 1. The summed E-state index contributed by atoms with van der Waals surface area (Å²) in [6.45, 7) is 0. The maximum Gasteiger partial charge on any atom is 0.269 e. The third-order valence-electron chi connectivity index (χ3n) is 3.28. The Hall–Kier alpha value is -2.51. The van der Waals surface area contributed by atoms with Crippen molar-refractivity contribution < 1.29 is 4.79 Å². The maximum absolute atomic E-state index is 12.3. The van der Waals surface area contributed by atoms with E-state index in [2.05, 4.69) is 16.7 Å². The average molecular weight is 284 g/mol. The van der Waals surface area contributed by atoms with Crippen LogP contribution < -0.4 is 10.6 Å². The SMILES string of the molecule is N#CC1(Nc2ccccc2Cl)C(=O)Nc2ccccc21. The van der Waals surface area contributed by atoms with Crippen molar-refractivity contribution >= 4 is 28.9 Å². The number of amides is 1. The van der Waals surface area contributed by atoms with E-state index in [1.807, 2.05) is 6.07 Å². The van der Waals surface area contributed by atoms with E-state index in [-0.39, 0.29) is 0 Å². The molecule has 0 spiro atoms. The zero-order chi connectivity index (χ0) is 14.2. The first-order valence-corrected chi connectivity index (χ1v) is 6.40. The van der Waals surface area contributed by atoms with Gasteiger partial charge in [0.15, 0.2) is 0 Å². The van der Waals surface area contributed by atoms with E-state index >= 15 is 0 Å². The summed E-state index contributed by atoms with van der Waals surface area (Å²) < 4.78 is 0. The van der Waals surface area contributed by atoms with Crippen molar-refractivity contribution in [2.24, 2.45) is 0 Å². The molecule has 1 amide bonds. The molecule has 0 radical (unpaired) electrons. The lowest BCUT2D eigenvalue weighted by atomic mass is 9.92. The fraction of sp³-hybridized carbons (Fsp3) is 0.0667. The molecule has 0 saturated carbocycles. The minimum Gasteiger partial charge on any atom is -0.355 e. The van der Waals surface area contributed by atoms with Gasteiger partial charge < -0.3 is 10.6 Å². The largest absolute Gasteiger partial charge is 0.355 e. The lowest BCUT2D eigenvalue weighted by Gasteiger charge is -2.22. The molecule has 2 N–H and O–H groups in total. The summed E-state index contributed by atoms with van der Waals surface area (Å²) in [5.41, 5.74) is 0.329. The number of halogens is 1. The van der Waals surface area contributed by atoms with Gasteiger partial charge in [0.1, 0.15) is 6.07 Å². The van der Waals surface area contributed by atoms with Crippen molar-refractivity contribution in [3.05, 3.63) is 59.1 Å². The fourth-order valence-electron chi connectivity index (χ4n) is 2.29. The first-order chi connectivity index (χ1) is 9.67. The molecular weight excluding hydrogens is 274 g/mol. The molecule has 5 heteroatoms. The number of hydrogen-bond acceptors (Lipinski definition) is 3. The Kier molecular flexibility index (Phi) is 2.85. The average Bonchev–Trinajstić information content (AvgIpc) is 2.74. The van der Waals surface area contributed by atoms with E-state index < -0.39 is 11.4 Å². The van der Waals surface area contributed by atoms with Crippen LogP contribution in [-0.2, 0) is 10.3 Å². The molecule has 1 atom stereocenters. The van der Waals surface area contributed by atoms with E-state index in [9.17, 15) is 10.1 Å². The third kappa shape index (κ3) is 1.72. The Labute approximate surface area is 121 Å². The van der Waals surface area contributed by atoms with E-state index in [0.717, 1.165) is 0 Å². The molecule has 98 valence electrons. The molecule has 1 aliphatic heterocycles. The maximum atomic E-state index is 12.3. The molecule has 1 heterocycles. The van der Waals surface area contributed by atoms with Crippen LogP contribution in [0.4, 0.5) is 11.4 Å². The molecule has 0 bridgehead atoms. The topological polar surface area (TPSA) is 64.9 Å². The summed E-state index contributed by atoms with van der Waals surface area (Å²) in [7, 11) is 0. The molecule has 4 nitrogen and oxygen atoms in total. The number of benzene rings is 2. The number of para-hydroxylation sites is 2. The molecule has 2 aromatic rings. The Morgan fingerprint density at radius 3 is 2.60 bits per heavy atom. The second-order valence-electron chi connectivity index (χ2n) is 4.47. The molecule has 0 aliphatic carbocycles. The lowest BCUT2D eigenvalue weighted by molar-refractivity contribution is -0.118. The first-order valence-electron chi connectivity index (χ1n) is 6.02. The van der Waals surface area contributed by atoms with E-state index in [4.69, 9.17) is 11.6 Å². The number of anilines is 2. The van der Waals surface area contributed by atoms with Crippen molar-refractivity contribution in [3.63, 3.8) is 0 Å². The second-order valence-corrected chi connectivity index (χ2v) is 4.87. The molecule has 1 aliphatic rings. The Bertz CT molecular complexity index is 738. The highest BCUT2D eigenvalue weighted by molar-refractivity contribution is 6.33. The Balaban J connectivity index is 2.12. The summed E-state index contributed by atoms with van der Waals surface area (Å²) >= 11 is 6.09. The number of nitriles is 1. The number of nitrogens with one attached hydrogen (secondary N) is 2. The third-order valence-corrected chi connectivity index (χ3v) is 3.61. The highest BCUT2D eigenvalue weighted by Crippen LogP contribution is 2.39. The number of fused-ring (bicyclic) bond motifs is 1. The summed E-state index contributed by atoms with van der Waals surface area (Å²) in [5.74, 6) is -0.402. The van der Waals surface area contributed by atoms with Crippen LogP contribution in [-0.4, -0.2) is 5.91 Å². The van der Waals surface area contributed by atoms with Crippen LogP contribution in [0.3, 0.4) is 0 Å². The van der Waals surface area contributed by atoms with Gasteiger partial charge in [-0.2, -0.15) is 5.26 Å². The minimum atomic E-state index is -1.46. The van der Waals surface area contributed by atoms with Gasteiger partial charge in [-0.3, -0.25) is 4.79 Å². The van der Waals surface area contributed by atoms with Crippen molar-refractivity contribution in [3.8, 4) is 6.07 Å². The molecule has 0 saturated heterocycles. The molecule has 1 unspecified atom stereocenters. The summed E-state index contributed by atoms with van der Waals surface area (Å²) in [6.07, 6.45) is 0. The molecule has 3 rings (SSSR count). The van der Waals surface area contributed by atoms with Crippen LogP contribution in [0.5, 0.6) is 0 Å². The smallest absolute Gasteiger partial charge is 0.269 e. The van der Waals surface area contributed by atoms with Crippen LogP contribution >= 0.6 is 11.6 Å². The second kappa shape index (κ2) is 4.55. The Morgan fingerprint density at radius 2 is 1.85 bits per heavy atom. The van der Waals surface area contributed by atoms with Crippen LogP contribution in [0.1, 0.15) is 5.56 Å². The molecule has 20 heavy (non-hydrogen) atoms. The van der Waals surface area contributed by atoms with Crippen molar-refractivity contribution in [1.29, 1.82) is 5.26 Å². The normalized spacial score (nSPS) is 19.9. The van der Waals surface area contributed by atoms with Gasteiger partial charge in [0.2, 0.25) is 5.54 Å². The van der Waals surface area contributed by atoms with Gasteiger partial charge in [0.25, 0.3) is 5.91 Å². The summed E-state index contributed by atoms with van der Waals surface area (Å²) in [4.78, 5) is 12.3. The zero-order valence-electron chi connectivity index (χ0n) is 10.4. The van der Waals surface area contributed by atoms with Crippen LogP contribution in [0.15, 0.2) is 48.5 Å². The number of nitrogens with zero attached hydrogens (tertiary/aromatic N) is 1. The molecular formula is C15H10ClN3O. The van der Waals surface area contributed by atoms with Crippen molar-refractivity contribution in [2.45, 2.75) is 5.54 Å². The number of carbonyl (C=O) groups excluding carboxylic acids is 1. The van der Waals surface area contributed by atoms with E-state index in [1.165, 1.54) is 0 Å². The lowest BCUT2D eigenvalue weighted by Crippen LogP contribution is -2.40. The van der Waals surface area contributed by atoms with E-state index in [1.54, 1.807) is 42.5 Å². The first kappa shape index (κ1) is 12.5. The number of rotatable bonds is 2. The molecule has 0 aromatic heterocycles. The summed E-state index contributed by atoms with van der Waals surface area (Å²) in [5, 5.41) is 15.7. The predicted octanol–water partition coefficient (Wildman–Crippen LogP) is 3.12. The minimum absolute atomic E-state index is 0.402. The highest BCUT2D eigenvalue weighted by atomic mass is 35.5. The Morgan fingerprint density at radius 1 is 1.15 bits per heavy atom. The van der Waals surface area contributed by atoms with Gasteiger partial charge in [0.05, 0.1) is 10.7 Å². The van der Waals surface area contributed by atoms with Crippen molar-refractivity contribution in [2.75, 3.05) is 10.6 Å². The standard InChI is InChI=1S/C15H10ClN3O/c16-11-6-2-4-8-13(11)19-15(9-17)10-5-1-3-7-12(10)18-14(15)20/h1-8,19H,(H,18,20). The van der Waals surface area contributed by atoms with Gasteiger partial charge in [-0.15, -0.1) is 0 Å². The quantitative estimate of drug-likeness (QED) is 0.890. The molecule has 2 aromatic carbocycles. The monoisotopic (exact) mass is 283 g/mol. The van der Waals surface area contributed by atoms with Crippen LogP contribution in [0.25, 0.3) is 0 Å². The van der Waals surface area contributed by atoms with Crippen molar-refractivity contribution in [1.82, 2.24) is 0 Å². The van der Waals surface area contributed by atoms with Gasteiger partial charge >= 0.3 is 0 Å². The van der Waals surface area contributed by atoms with Gasteiger partial charge in [-0.1, -0.05) is 41.9 Å². The van der Waals surface area contributed by atoms with Crippen LogP contribution in [0.2, 0.25) is 5.02 Å². The number of hydrogen-bond donors (Lipinski definition) is 2.